The zero-order valence-corrected chi connectivity index (χ0v) is 10.3. The van der Waals surface area contributed by atoms with Crippen molar-refractivity contribution in [2.24, 2.45) is 0 Å². The molecule has 1 N–H and O–H groups in total. The van der Waals surface area contributed by atoms with E-state index in [4.69, 9.17) is 0 Å². The van der Waals surface area contributed by atoms with Gasteiger partial charge in [-0.15, -0.1) is 0 Å². The lowest BCUT2D eigenvalue weighted by atomic mass is 10.2. The summed E-state index contributed by atoms with van der Waals surface area (Å²) in [6.07, 6.45) is 0.880. The molecule has 2 atom stereocenters. The molecule has 1 amide bonds. The van der Waals surface area contributed by atoms with Gasteiger partial charge in [-0.25, -0.2) is 0 Å². The summed E-state index contributed by atoms with van der Waals surface area (Å²) in [6.45, 7) is 6.18. The van der Waals surface area contributed by atoms with Crippen LogP contribution in [0.25, 0.3) is 0 Å². The van der Waals surface area contributed by atoms with Gasteiger partial charge < -0.3 is 10.2 Å². The van der Waals surface area contributed by atoms with Gasteiger partial charge in [0.2, 0.25) is 5.91 Å². The quantitative estimate of drug-likeness (QED) is 0.699. The third-order valence-corrected chi connectivity index (χ3v) is 3.94. The second kappa shape index (κ2) is 6.23. The smallest absolute Gasteiger partial charge is 0.239 e. The van der Waals surface area contributed by atoms with Crippen LogP contribution in [-0.4, -0.2) is 52.2 Å². The summed E-state index contributed by atoms with van der Waals surface area (Å²) in [5.74, 6) is 1.46. The molecule has 0 aliphatic carbocycles. The van der Waals surface area contributed by atoms with Crippen molar-refractivity contribution in [3.05, 3.63) is 0 Å². The number of likely N-dealkylation sites (N-methyl/N-ethyl adjacent to an activating group) is 1. The number of rotatable bonds is 6. The van der Waals surface area contributed by atoms with Crippen LogP contribution in [0.15, 0.2) is 0 Å². The lowest BCUT2D eigenvalue weighted by Gasteiger charge is -2.16. The van der Waals surface area contributed by atoms with Crippen molar-refractivity contribution in [3.63, 3.8) is 0 Å². The van der Waals surface area contributed by atoms with Gasteiger partial charge in [-0.05, 0) is 13.0 Å². The summed E-state index contributed by atoms with van der Waals surface area (Å²) in [5.41, 5.74) is 0. The monoisotopic (exact) mass is 232 g/mol. The van der Waals surface area contributed by atoms with E-state index in [-0.39, 0.29) is 11.9 Å². The molecule has 0 spiro atoms. The normalized spacial score (nSPS) is 23.5. The number of nitrogens with one attached hydrogen (secondary N) is 1. The fourth-order valence-electron chi connectivity index (χ4n) is 1.75. The van der Waals surface area contributed by atoms with Crippen LogP contribution >= 0.6 is 0 Å². The van der Waals surface area contributed by atoms with Crippen molar-refractivity contribution in [1.82, 2.24) is 10.2 Å². The van der Waals surface area contributed by atoms with Crippen molar-refractivity contribution in [1.29, 1.82) is 0 Å². The SMILES string of the molecule is CCNC1CCN(CCS(=O)CC)C1=O. The first kappa shape index (κ1) is 12.6. The number of likely N-dealkylation sites (tertiary alicyclic amines) is 1. The molecule has 1 aliphatic heterocycles. The molecule has 1 fully saturated rings. The van der Waals surface area contributed by atoms with E-state index in [9.17, 15) is 9.00 Å². The van der Waals surface area contributed by atoms with E-state index < -0.39 is 10.8 Å². The molecule has 1 saturated heterocycles. The highest BCUT2D eigenvalue weighted by atomic mass is 32.2. The van der Waals surface area contributed by atoms with Crippen LogP contribution in [0.3, 0.4) is 0 Å². The Morgan fingerprint density at radius 1 is 1.53 bits per heavy atom. The molecule has 15 heavy (non-hydrogen) atoms. The molecule has 1 aliphatic rings. The van der Waals surface area contributed by atoms with Crippen LogP contribution in [-0.2, 0) is 15.6 Å². The Kier molecular flexibility index (Phi) is 5.25. The Hall–Kier alpha value is -0.420. The predicted octanol–water partition coefficient (Wildman–Crippen LogP) is -0.0346. The van der Waals surface area contributed by atoms with Gasteiger partial charge in [-0.3, -0.25) is 9.00 Å². The largest absolute Gasteiger partial charge is 0.340 e. The Bertz CT molecular complexity index is 246. The average Bonchev–Trinajstić information content (AvgIpc) is 2.58. The van der Waals surface area contributed by atoms with Gasteiger partial charge in [0.15, 0.2) is 0 Å². The maximum atomic E-state index is 11.8. The lowest BCUT2D eigenvalue weighted by molar-refractivity contribution is -0.129. The molecule has 5 heteroatoms. The van der Waals surface area contributed by atoms with Crippen molar-refractivity contribution >= 4 is 16.7 Å². The summed E-state index contributed by atoms with van der Waals surface area (Å²) < 4.78 is 11.2. The molecule has 0 aromatic heterocycles. The zero-order valence-electron chi connectivity index (χ0n) is 9.49. The predicted molar refractivity (Wildman–Crippen MR) is 62.2 cm³/mol. The standard InChI is InChI=1S/C10H20N2O2S/c1-3-11-9-5-6-12(10(9)13)7-8-15(14)4-2/h9,11H,3-8H2,1-2H3. The molecule has 2 unspecified atom stereocenters. The van der Waals surface area contributed by atoms with E-state index in [0.717, 1.165) is 19.5 Å². The summed E-state index contributed by atoms with van der Waals surface area (Å²) >= 11 is 0. The molecule has 0 saturated carbocycles. The molecule has 4 nitrogen and oxygen atoms in total. The minimum atomic E-state index is -0.767. The highest BCUT2D eigenvalue weighted by Gasteiger charge is 2.30. The Morgan fingerprint density at radius 3 is 2.87 bits per heavy atom. The van der Waals surface area contributed by atoms with E-state index in [1.54, 1.807) is 0 Å². The van der Waals surface area contributed by atoms with Crippen LogP contribution in [0.5, 0.6) is 0 Å². The number of amides is 1. The van der Waals surface area contributed by atoms with E-state index in [1.165, 1.54) is 0 Å². The van der Waals surface area contributed by atoms with E-state index >= 15 is 0 Å². The van der Waals surface area contributed by atoms with Crippen LogP contribution in [0.1, 0.15) is 20.3 Å². The van der Waals surface area contributed by atoms with Crippen LogP contribution in [0, 0.1) is 0 Å². The molecule has 0 radical (unpaired) electrons. The molecule has 1 rings (SSSR count). The fraction of sp³-hybridized carbons (Fsp3) is 0.900. The van der Waals surface area contributed by atoms with Crippen LogP contribution < -0.4 is 5.32 Å². The van der Waals surface area contributed by atoms with E-state index in [2.05, 4.69) is 5.32 Å². The number of hydrogen-bond acceptors (Lipinski definition) is 3. The minimum absolute atomic E-state index is 0.00920. The number of nitrogens with zero attached hydrogens (tertiary/aromatic N) is 1. The van der Waals surface area contributed by atoms with E-state index in [0.29, 0.717) is 18.1 Å². The van der Waals surface area contributed by atoms with Gasteiger partial charge >= 0.3 is 0 Å². The van der Waals surface area contributed by atoms with E-state index in [1.807, 2.05) is 18.7 Å². The second-order valence-electron chi connectivity index (χ2n) is 3.66. The first-order valence-corrected chi connectivity index (χ1v) is 7.05. The first-order chi connectivity index (χ1) is 7.19. The van der Waals surface area contributed by atoms with Crippen molar-refractivity contribution in [2.75, 3.05) is 31.1 Å². The van der Waals surface area contributed by atoms with Crippen molar-refractivity contribution in [2.45, 2.75) is 26.3 Å². The molecule has 0 aromatic carbocycles. The third kappa shape index (κ3) is 3.57. The van der Waals surface area contributed by atoms with Gasteiger partial charge in [0.05, 0.1) is 6.04 Å². The molecular weight excluding hydrogens is 212 g/mol. The second-order valence-corrected chi connectivity index (χ2v) is 5.52. The minimum Gasteiger partial charge on any atom is -0.340 e. The molecule has 0 aromatic rings. The molecular formula is C10H20N2O2S. The van der Waals surface area contributed by atoms with Crippen molar-refractivity contribution in [3.8, 4) is 0 Å². The molecule has 0 bridgehead atoms. The average molecular weight is 232 g/mol. The zero-order chi connectivity index (χ0) is 11.3. The topological polar surface area (TPSA) is 49.4 Å². The van der Waals surface area contributed by atoms with Gasteiger partial charge in [-0.1, -0.05) is 13.8 Å². The first-order valence-electron chi connectivity index (χ1n) is 5.56. The van der Waals surface area contributed by atoms with Gasteiger partial charge in [-0.2, -0.15) is 0 Å². The van der Waals surface area contributed by atoms with Crippen molar-refractivity contribution < 1.29 is 9.00 Å². The summed E-state index contributed by atoms with van der Waals surface area (Å²) in [7, 11) is -0.767. The summed E-state index contributed by atoms with van der Waals surface area (Å²) in [4.78, 5) is 13.6. The molecule has 88 valence electrons. The number of hydrogen-bond donors (Lipinski definition) is 1. The Morgan fingerprint density at radius 2 is 2.27 bits per heavy atom. The Labute approximate surface area is 93.9 Å². The maximum Gasteiger partial charge on any atom is 0.239 e. The van der Waals surface area contributed by atoms with Gasteiger partial charge in [0.1, 0.15) is 0 Å². The summed E-state index contributed by atoms with van der Waals surface area (Å²) in [5, 5.41) is 3.16. The van der Waals surface area contributed by atoms with Gasteiger partial charge in [0, 0.05) is 35.4 Å². The molecule has 1 heterocycles. The van der Waals surface area contributed by atoms with Gasteiger partial charge in [0.25, 0.3) is 0 Å². The fourth-order valence-corrected chi connectivity index (χ4v) is 2.47. The lowest BCUT2D eigenvalue weighted by Crippen LogP contribution is -2.39. The Balaban J connectivity index is 2.33. The third-order valence-electron chi connectivity index (χ3n) is 2.66. The van der Waals surface area contributed by atoms with Crippen LogP contribution in [0.2, 0.25) is 0 Å². The summed E-state index contributed by atoms with van der Waals surface area (Å²) in [6, 6.07) is -0.00920. The number of carbonyl (C=O) groups excluding carboxylic acids is 1. The number of carbonyl (C=O) groups is 1. The van der Waals surface area contributed by atoms with Crippen LogP contribution in [0.4, 0.5) is 0 Å². The maximum absolute atomic E-state index is 11.8. The highest BCUT2D eigenvalue weighted by Crippen LogP contribution is 2.10. The highest BCUT2D eigenvalue weighted by molar-refractivity contribution is 7.84.